The number of ether oxygens (including phenoxy) is 3. The minimum absolute atomic E-state index is 0.159. The number of nitrogens with zero attached hydrogens (tertiary/aromatic N) is 1. The fourth-order valence-corrected chi connectivity index (χ4v) is 2.86. The van der Waals surface area contributed by atoms with Crippen molar-refractivity contribution in [2.75, 3.05) is 33.2 Å². The Hall–Kier alpha value is -3.55. The SMILES string of the molecule is COC(=O)c1c(-c2ccc(F)cc2)noc1NCCc1ccc(OC)c(OC)c1. The molecule has 0 amide bonds. The number of benzene rings is 2. The molecule has 0 aliphatic heterocycles. The maximum Gasteiger partial charge on any atom is 0.345 e. The highest BCUT2D eigenvalue weighted by Gasteiger charge is 2.24. The number of carbonyl (C=O) groups excluding carboxylic acids is 1. The predicted octanol–water partition coefficient (Wildman–Crippen LogP) is 3.94. The number of anilines is 1. The topological polar surface area (TPSA) is 82.8 Å². The Morgan fingerprint density at radius 1 is 1.07 bits per heavy atom. The van der Waals surface area contributed by atoms with Crippen LogP contribution in [0.15, 0.2) is 47.0 Å². The molecule has 29 heavy (non-hydrogen) atoms. The molecule has 0 radical (unpaired) electrons. The molecule has 1 N–H and O–H groups in total. The summed E-state index contributed by atoms with van der Waals surface area (Å²) in [5.74, 6) is 0.496. The van der Waals surface area contributed by atoms with Crippen molar-refractivity contribution in [1.29, 1.82) is 0 Å². The second kappa shape index (κ2) is 9.09. The number of nitrogens with one attached hydrogen (secondary N) is 1. The van der Waals surface area contributed by atoms with Crippen molar-refractivity contribution in [2.24, 2.45) is 0 Å². The number of halogens is 1. The zero-order chi connectivity index (χ0) is 20.8. The number of hydrogen-bond acceptors (Lipinski definition) is 7. The lowest BCUT2D eigenvalue weighted by Gasteiger charge is -2.10. The fraction of sp³-hybridized carbons (Fsp3) is 0.238. The van der Waals surface area contributed by atoms with Crippen molar-refractivity contribution in [3.8, 4) is 22.8 Å². The molecule has 0 fully saturated rings. The van der Waals surface area contributed by atoms with Gasteiger partial charge in [0.05, 0.1) is 21.3 Å². The van der Waals surface area contributed by atoms with E-state index in [0.717, 1.165) is 5.56 Å². The molecule has 2 aromatic carbocycles. The molecule has 1 heterocycles. The standard InChI is InChI=1S/C21H21FN2O5/c1-26-16-9-4-13(12-17(16)27-2)10-11-23-20-18(21(25)28-3)19(24-29-20)14-5-7-15(22)8-6-14/h4-9,12,23H,10-11H2,1-3H3. The van der Waals surface area contributed by atoms with E-state index < -0.39 is 5.97 Å². The summed E-state index contributed by atoms with van der Waals surface area (Å²) in [5, 5.41) is 7.03. The summed E-state index contributed by atoms with van der Waals surface area (Å²) >= 11 is 0. The lowest BCUT2D eigenvalue weighted by molar-refractivity contribution is 0.0602. The van der Waals surface area contributed by atoms with Gasteiger partial charge in [-0.15, -0.1) is 0 Å². The Kier molecular flexibility index (Phi) is 6.33. The summed E-state index contributed by atoms with van der Waals surface area (Å²) in [4.78, 5) is 12.3. The van der Waals surface area contributed by atoms with Gasteiger partial charge in [0.2, 0.25) is 5.88 Å². The maximum absolute atomic E-state index is 13.2. The summed E-state index contributed by atoms with van der Waals surface area (Å²) in [5.41, 5.74) is 1.99. The summed E-state index contributed by atoms with van der Waals surface area (Å²) in [7, 11) is 4.43. The number of hydrogen-bond donors (Lipinski definition) is 1. The maximum atomic E-state index is 13.2. The van der Waals surface area contributed by atoms with E-state index >= 15 is 0 Å². The van der Waals surface area contributed by atoms with Gasteiger partial charge in [0, 0.05) is 12.1 Å². The molecule has 0 atom stereocenters. The van der Waals surface area contributed by atoms with Crippen LogP contribution in [0.5, 0.6) is 11.5 Å². The minimum Gasteiger partial charge on any atom is -0.493 e. The van der Waals surface area contributed by atoms with Crippen molar-refractivity contribution in [1.82, 2.24) is 5.16 Å². The molecule has 0 saturated heterocycles. The zero-order valence-corrected chi connectivity index (χ0v) is 16.3. The van der Waals surface area contributed by atoms with Crippen molar-refractivity contribution in [2.45, 2.75) is 6.42 Å². The average molecular weight is 400 g/mol. The van der Waals surface area contributed by atoms with Gasteiger partial charge in [0.25, 0.3) is 0 Å². The summed E-state index contributed by atoms with van der Waals surface area (Å²) in [6, 6.07) is 11.3. The molecule has 1 aromatic heterocycles. The third-order valence-electron chi connectivity index (χ3n) is 4.35. The molecule has 8 heteroatoms. The molecule has 0 bridgehead atoms. The van der Waals surface area contributed by atoms with Crippen molar-refractivity contribution in [3.05, 3.63) is 59.4 Å². The molecule has 152 valence electrons. The fourth-order valence-electron chi connectivity index (χ4n) is 2.86. The second-order valence-electron chi connectivity index (χ2n) is 6.10. The Labute approximate surface area is 167 Å². The van der Waals surface area contributed by atoms with E-state index in [2.05, 4.69) is 10.5 Å². The first-order valence-corrected chi connectivity index (χ1v) is 8.86. The average Bonchev–Trinajstić information content (AvgIpc) is 3.17. The number of rotatable bonds is 8. The molecular weight excluding hydrogens is 379 g/mol. The Balaban J connectivity index is 1.77. The summed E-state index contributed by atoms with van der Waals surface area (Å²) in [6.45, 7) is 0.470. The van der Waals surface area contributed by atoms with Gasteiger partial charge in [-0.05, 0) is 48.4 Å². The minimum atomic E-state index is -0.598. The highest BCUT2D eigenvalue weighted by molar-refractivity contribution is 6.00. The van der Waals surface area contributed by atoms with Crippen LogP contribution in [0.3, 0.4) is 0 Å². The van der Waals surface area contributed by atoms with Crippen molar-refractivity contribution in [3.63, 3.8) is 0 Å². The molecule has 0 unspecified atom stereocenters. The molecule has 7 nitrogen and oxygen atoms in total. The van der Waals surface area contributed by atoms with Crippen LogP contribution in [0.1, 0.15) is 15.9 Å². The Morgan fingerprint density at radius 2 is 1.79 bits per heavy atom. The van der Waals surface area contributed by atoms with Gasteiger partial charge in [-0.2, -0.15) is 0 Å². The summed E-state index contributed by atoms with van der Waals surface area (Å²) < 4.78 is 33.9. The monoisotopic (exact) mass is 400 g/mol. The van der Waals surface area contributed by atoms with E-state index in [4.69, 9.17) is 18.7 Å². The van der Waals surface area contributed by atoms with Crippen LogP contribution in [0.4, 0.5) is 10.3 Å². The van der Waals surface area contributed by atoms with Crippen molar-refractivity contribution < 1.29 is 27.9 Å². The molecule has 0 saturated carbocycles. The van der Waals surface area contributed by atoms with E-state index in [1.165, 1.54) is 31.4 Å². The number of carbonyl (C=O) groups is 1. The van der Waals surface area contributed by atoms with Crippen LogP contribution in [0, 0.1) is 5.82 Å². The van der Waals surface area contributed by atoms with Gasteiger partial charge in [-0.3, -0.25) is 0 Å². The summed E-state index contributed by atoms with van der Waals surface area (Å²) in [6.07, 6.45) is 0.632. The molecular formula is C21H21FN2O5. The van der Waals surface area contributed by atoms with E-state index in [1.807, 2.05) is 18.2 Å². The Morgan fingerprint density at radius 3 is 2.45 bits per heavy atom. The molecule has 3 rings (SSSR count). The second-order valence-corrected chi connectivity index (χ2v) is 6.10. The quantitative estimate of drug-likeness (QED) is 0.574. The third-order valence-corrected chi connectivity index (χ3v) is 4.35. The first kappa shape index (κ1) is 20.2. The van der Waals surface area contributed by atoms with Crippen LogP contribution in [-0.2, 0) is 11.2 Å². The van der Waals surface area contributed by atoms with E-state index in [9.17, 15) is 9.18 Å². The highest BCUT2D eigenvalue weighted by atomic mass is 19.1. The molecule has 0 aliphatic carbocycles. The zero-order valence-electron chi connectivity index (χ0n) is 16.3. The molecule has 0 aliphatic rings. The third kappa shape index (κ3) is 4.48. The van der Waals surface area contributed by atoms with E-state index in [0.29, 0.717) is 30.0 Å². The Bertz CT molecular complexity index is 985. The normalized spacial score (nSPS) is 10.5. The van der Waals surface area contributed by atoms with Crippen LogP contribution >= 0.6 is 0 Å². The van der Waals surface area contributed by atoms with Crippen LogP contribution in [0.25, 0.3) is 11.3 Å². The predicted molar refractivity (Wildman–Crippen MR) is 105 cm³/mol. The molecule has 0 spiro atoms. The van der Waals surface area contributed by atoms with Crippen LogP contribution in [-0.4, -0.2) is 39.0 Å². The van der Waals surface area contributed by atoms with Gasteiger partial charge in [-0.1, -0.05) is 11.2 Å². The van der Waals surface area contributed by atoms with Gasteiger partial charge < -0.3 is 24.1 Å². The van der Waals surface area contributed by atoms with Gasteiger partial charge in [0.1, 0.15) is 11.5 Å². The smallest absolute Gasteiger partial charge is 0.345 e. The first-order chi connectivity index (χ1) is 14.1. The largest absolute Gasteiger partial charge is 0.493 e. The van der Waals surface area contributed by atoms with Crippen LogP contribution < -0.4 is 14.8 Å². The van der Waals surface area contributed by atoms with Gasteiger partial charge >= 0.3 is 5.97 Å². The number of esters is 1. The highest BCUT2D eigenvalue weighted by Crippen LogP contribution is 2.30. The lowest BCUT2D eigenvalue weighted by atomic mass is 10.1. The van der Waals surface area contributed by atoms with Crippen molar-refractivity contribution >= 4 is 11.9 Å². The number of aromatic nitrogens is 1. The van der Waals surface area contributed by atoms with E-state index in [1.54, 1.807) is 14.2 Å². The van der Waals surface area contributed by atoms with Gasteiger partial charge in [-0.25, -0.2) is 9.18 Å². The lowest BCUT2D eigenvalue weighted by Crippen LogP contribution is -2.10. The van der Waals surface area contributed by atoms with Crippen LogP contribution in [0.2, 0.25) is 0 Å². The molecule has 3 aromatic rings. The van der Waals surface area contributed by atoms with Gasteiger partial charge in [0.15, 0.2) is 17.1 Å². The number of methoxy groups -OCH3 is 3. The van der Waals surface area contributed by atoms with E-state index in [-0.39, 0.29) is 23.0 Å². The first-order valence-electron chi connectivity index (χ1n) is 8.86.